The van der Waals surface area contributed by atoms with Crippen molar-refractivity contribution in [3.8, 4) is 11.6 Å². The van der Waals surface area contributed by atoms with Crippen molar-refractivity contribution in [3.05, 3.63) is 42.2 Å². The maximum absolute atomic E-state index is 12.9. The highest BCUT2D eigenvalue weighted by Crippen LogP contribution is 2.36. The van der Waals surface area contributed by atoms with Crippen LogP contribution in [0.4, 0.5) is 5.69 Å². The minimum absolute atomic E-state index is 0.288. The Bertz CT molecular complexity index is 1100. The topological polar surface area (TPSA) is 78.3 Å². The van der Waals surface area contributed by atoms with Gasteiger partial charge in [0.15, 0.2) is 0 Å². The predicted molar refractivity (Wildman–Crippen MR) is 123 cm³/mol. The van der Waals surface area contributed by atoms with Gasteiger partial charge in [0, 0.05) is 23.7 Å². The number of nitrogens with one attached hydrogen (secondary N) is 1. The Morgan fingerprint density at radius 3 is 2.72 bits per heavy atom. The van der Waals surface area contributed by atoms with E-state index in [0.29, 0.717) is 42.3 Å². The Balaban J connectivity index is 1.45. The van der Waals surface area contributed by atoms with Crippen molar-refractivity contribution >= 4 is 22.5 Å². The lowest BCUT2D eigenvalue weighted by molar-refractivity contribution is 0.102. The SMILES string of the molecule is CC[C@H]1CC[C@H](n2cc3cc4c(cc3n2)OCCCCOc2cccc(n2)C(=O)N4)CC1. The van der Waals surface area contributed by atoms with Crippen molar-refractivity contribution in [3.63, 3.8) is 0 Å². The fourth-order valence-corrected chi connectivity index (χ4v) is 4.66. The van der Waals surface area contributed by atoms with Crippen LogP contribution in [0.25, 0.3) is 10.9 Å². The summed E-state index contributed by atoms with van der Waals surface area (Å²) < 4.78 is 13.8. The van der Waals surface area contributed by atoms with E-state index in [0.717, 1.165) is 29.7 Å². The third-order valence-corrected chi connectivity index (χ3v) is 6.64. The van der Waals surface area contributed by atoms with Gasteiger partial charge in [0.25, 0.3) is 5.91 Å². The van der Waals surface area contributed by atoms with Gasteiger partial charge in [-0.2, -0.15) is 5.10 Å². The first-order valence-electron chi connectivity index (χ1n) is 11.8. The number of carbonyl (C=O) groups excluding carboxylic acids is 1. The second-order valence-electron chi connectivity index (χ2n) is 8.82. The van der Waals surface area contributed by atoms with Gasteiger partial charge in [0.2, 0.25) is 5.88 Å². The minimum atomic E-state index is -0.288. The third-order valence-electron chi connectivity index (χ3n) is 6.64. The molecule has 7 heteroatoms. The number of anilines is 1. The first kappa shape index (κ1) is 20.8. The second kappa shape index (κ2) is 9.18. The average molecular weight is 435 g/mol. The monoisotopic (exact) mass is 434 g/mol. The molecule has 32 heavy (non-hydrogen) atoms. The van der Waals surface area contributed by atoms with Gasteiger partial charge in [-0.25, -0.2) is 4.98 Å². The van der Waals surface area contributed by atoms with E-state index in [-0.39, 0.29) is 5.91 Å². The number of hydrogen-bond acceptors (Lipinski definition) is 5. The molecule has 0 saturated heterocycles. The second-order valence-corrected chi connectivity index (χ2v) is 8.82. The van der Waals surface area contributed by atoms with E-state index in [9.17, 15) is 4.79 Å². The number of nitrogens with zero attached hydrogens (tertiary/aromatic N) is 3. The largest absolute Gasteiger partial charge is 0.491 e. The maximum atomic E-state index is 12.9. The smallest absolute Gasteiger partial charge is 0.274 e. The summed E-state index contributed by atoms with van der Waals surface area (Å²) >= 11 is 0. The molecule has 1 saturated carbocycles. The lowest BCUT2D eigenvalue weighted by Crippen LogP contribution is -2.18. The molecule has 0 radical (unpaired) electrons. The van der Waals surface area contributed by atoms with Gasteiger partial charge in [0.05, 0.1) is 30.5 Å². The van der Waals surface area contributed by atoms with E-state index >= 15 is 0 Å². The lowest BCUT2D eigenvalue weighted by Gasteiger charge is -2.27. The van der Waals surface area contributed by atoms with E-state index in [1.165, 1.54) is 32.1 Å². The quantitative estimate of drug-likeness (QED) is 0.586. The molecule has 1 amide bonds. The molecular weight excluding hydrogens is 404 g/mol. The molecule has 1 N–H and O–H groups in total. The van der Waals surface area contributed by atoms with Gasteiger partial charge in [-0.15, -0.1) is 0 Å². The Hall–Kier alpha value is -3.09. The van der Waals surface area contributed by atoms with Crippen LogP contribution < -0.4 is 14.8 Å². The lowest BCUT2D eigenvalue weighted by atomic mass is 9.85. The van der Waals surface area contributed by atoms with E-state index in [4.69, 9.17) is 14.6 Å². The number of pyridine rings is 1. The molecule has 0 atom stereocenters. The molecule has 3 aromatic rings. The number of carbonyl (C=O) groups is 1. The molecule has 1 aliphatic carbocycles. The van der Waals surface area contributed by atoms with Gasteiger partial charge in [-0.05, 0) is 56.6 Å². The first-order chi connectivity index (χ1) is 15.7. The van der Waals surface area contributed by atoms with Crippen molar-refractivity contribution in [2.75, 3.05) is 18.5 Å². The fraction of sp³-hybridized carbons (Fsp3) is 0.480. The van der Waals surface area contributed by atoms with Crippen LogP contribution in [0.2, 0.25) is 0 Å². The molecule has 1 aliphatic heterocycles. The van der Waals surface area contributed by atoms with E-state index < -0.39 is 0 Å². The Kier molecular flexibility index (Phi) is 5.97. The van der Waals surface area contributed by atoms with E-state index in [1.54, 1.807) is 18.2 Å². The molecule has 2 aliphatic rings. The number of fused-ring (bicyclic) bond motifs is 4. The summed E-state index contributed by atoms with van der Waals surface area (Å²) in [6.07, 6.45) is 9.94. The Labute approximate surface area is 188 Å². The molecule has 0 spiro atoms. The molecular formula is C25H30N4O3. The fourth-order valence-electron chi connectivity index (χ4n) is 4.66. The van der Waals surface area contributed by atoms with Gasteiger partial charge in [0.1, 0.15) is 11.4 Å². The Morgan fingerprint density at radius 1 is 1.09 bits per heavy atom. The molecule has 3 heterocycles. The highest BCUT2D eigenvalue weighted by Gasteiger charge is 2.23. The normalized spacial score (nSPS) is 21.8. The van der Waals surface area contributed by atoms with Crippen LogP contribution >= 0.6 is 0 Å². The van der Waals surface area contributed by atoms with Crippen LogP contribution in [0.1, 0.15) is 68.4 Å². The Morgan fingerprint density at radius 2 is 1.91 bits per heavy atom. The maximum Gasteiger partial charge on any atom is 0.274 e. The zero-order chi connectivity index (χ0) is 21.9. The molecule has 2 aromatic heterocycles. The van der Waals surface area contributed by atoms with Crippen molar-refractivity contribution in [1.82, 2.24) is 14.8 Å². The number of hydrogen-bond donors (Lipinski definition) is 1. The summed E-state index contributed by atoms with van der Waals surface area (Å²) in [6.45, 7) is 3.37. The summed E-state index contributed by atoms with van der Waals surface area (Å²) in [5.74, 6) is 1.67. The summed E-state index contributed by atoms with van der Waals surface area (Å²) in [5.41, 5.74) is 1.85. The van der Waals surface area contributed by atoms with Crippen molar-refractivity contribution in [2.45, 2.75) is 57.9 Å². The van der Waals surface area contributed by atoms with Crippen LogP contribution in [-0.2, 0) is 0 Å². The first-order valence-corrected chi connectivity index (χ1v) is 11.8. The highest BCUT2D eigenvalue weighted by molar-refractivity contribution is 6.05. The molecule has 1 fully saturated rings. The number of rotatable bonds is 2. The number of aromatic nitrogens is 3. The minimum Gasteiger partial charge on any atom is -0.491 e. The van der Waals surface area contributed by atoms with Crippen molar-refractivity contribution in [1.29, 1.82) is 0 Å². The van der Waals surface area contributed by atoms with Crippen LogP contribution in [0, 0.1) is 5.92 Å². The molecule has 0 unspecified atom stereocenters. The van der Waals surface area contributed by atoms with E-state index in [1.807, 2.05) is 12.1 Å². The highest BCUT2D eigenvalue weighted by atomic mass is 16.5. The summed E-state index contributed by atoms with van der Waals surface area (Å²) in [7, 11) is 0. The third kappa shape index (κ3) is 4.42. The predicted octanol–water partition coefficient (Wildman–Crippen LogP) is 5.38. The zero-order valence-corrected chi connectivity index (χ0v) is 18.5. The molecule has 2 bridgehead atoms. The van der Waals surface area contributed by atoms with Crippen molar-refractivity contribution in [2.24, 2.45) is 5.92 Å². The molecule has 1 aromatic carbocycles. The molecule has 7 nitrogen and oxygen atoms in total. The molecule has 5 rings (SSSR count). The van der Waals surface area contributed by atoms with Gasteiger partial charge in [-0.1, -0.05) is 19.4 Å². The summed E-state index contributed by atoms with van der Waals surface area (Å²) in [6, 6.07) is 9.59. The zero-order valence-electron chi connectivity index (χ0n) is 18.5. The number of amides is 1. The summed E-state index contributed by atoms with van der Waals surface area (Å²) in [5, 5.41) is 8.85. The average Bonchev–Trinajstić information content (AvgIpc) is 3.24. The van der Waals surface area contributed by atoms with Crippen LogP contribution in [0.5, 0.6) is 11.6 Å². The van der Waals surface area contributed by atoms with Crippen molar-refractivity contribution < 1.29 is 14.3 Å². The van der Waals surface area contributed by atoms with Crippen LogP contribution in [0.15, 0.2) is 36.5 Å². The summed E-state index contributed by atoms with van der Waals surface area (Å²) in [4.78, 5) is 17.2. The number of ether oxygens (including phenoxy) is 2. The standard InChI is InChI=1S/C25H30N4O3/c1-2-17-8-10-19(11-9-17)29-16-18-14-22-23(15-21(18)28-29)31-12-3-4-13-32-24-7-5-6-20(26-24)25(30)27-22/h5-7,14-17,19H,2-4,8-13H2,1H3,(H,27,30)/t17-,19-. The van der Waals surface area contributed by atoms with Crippen LogP contribution in [0.3, 0.4) is 0 Å². The van der Waals surface area contributed by atoms with Gasteiger partial charge < -0.3 is 14.8 Å². The van der Waals surface area contributed by atoms with Gasteiger partial charge >= 0.3 is 0 Å². The van der Waals surface area contributed by atoms with E-state index in [2.05, 4.69) is 28.1 Å². The van der Waals surface area contributed by atoms with Gasteiger partial charge in [-0.3, -0.25) is 9.48 Å². The molecule has 168 valence electrons. The number of benzene rings is 1. The van der Waals surface area contributed by atoms with Crippen LogP contribution in [-0.4, -0.2) is 33.9 Å².